The second-order valence-electron chi connectivity index (χ2n) is 4.00. The molecule has 1 aromatic heterocycles. The van der Waals surface area contributed by atoms with Crippen molar-refractivity contribution in [2.45, 2.75) is 6.92 Å². The molecule has 0 unspecified atom stereocenters. The van der Waals surface area contributed by atoms with Gasteiger partial charge in [0, 0.05) is 10.6 Å². The Bertz CT molecular complexity index is 701. The number of hydrazone groups is 1. The number of hydrogen-bond acceptors (Lipinski definition) is 5. The third-order valence-electron chi connectivity index (χ3n) is 2.54. The quantitative estimate of drug-likeness (QED) is 0.447. The van der Waals surface area contributed by atoms with E-state index in [0.29, 0.717) is 15.3 Å². The first-order chi connectivity index (χ1) is 10.5. The number of aromatic nitrogens is 2. The van der Waals surface area contributed by atoms with Gasteiger partial charge in [0.25, 0.3) is 0 Å². The van der Waals surface area contributed by atoms with Crippen LogP contribution in [0, 0.1) is 0 Å². The summed E-state index contributed by atoms with van der Waals surface area (Å²) in [5.41, 5.74) is 4.22. The smallest absolute Gasteiger partial charge is 0.370 e. The Morgan fingerprint density at radius 2 is 2.14 bits per heavy atom. The summed E-state index contributed by atoms with van der Waals surface area (Å²) in [6.07, 6.45) is 0. The van der Waals surface area contributed by atoms with Crippen LogP contribution in [-0.4, -0.2) is 27.9 Å². The predicted octanol–water partition coefficient (Wildman–Crippen LogP) is 4.02. The maximum Gasteiger partial charge on any atom is 0.370 e. The van der Waals surface area contributed by atoms with E-state index in [1.807, 2.05) is 12.1 Å². The van der Waals surface area contributed by atoms with Crippen LogP contribution < -0.4 is 5.43 Å². The molecule has 0 saturated carbocycles. The predicted molar refractivity (Wildman–Crippen MR) is 90.3 cm³/mol. The summed E-state index contributed by atoms with van der Waals surface area (Å²) in [6.45, 7) is 1.90. The molecule has 0 aliphatic rings. The standard InChI is InChI=1S/C13H11BrCl2N4O2/c1-2-22-13(21)11(16)18-20-12-9(14)10(17-19-12)7-3-5-8(15)6-4-7/h3-6H,2H2,1H3,(H2,17,19,20)/b18-11-. The molecule has 2 aromatic rings. The molecule has 0 saturated heterocycles. The van der Waals surface area contributed by atoms with Crippen molar-refractivity contribution < 1.29 is 9.53 Å². The summed E-state index contributed by atoms with van der Waals surface area (Å²) in [5.74, 6) is -0.325. The zero-order chi connectivity index (χ0) is 16.1. The summed E-state index contributed by atoms with van der Waals surface area (Å²) < 4.78 is 5.36. The van der Waals surface area contributed by atoms with Crippen LogP contribution in [0.3, 0.4) is 0 Å². The van der Waals surface area contributed by atoms with Crippen LogP contribution in [0.1, 0.15) is 6.92 Å². The third-order valence-corrected chi connectivity index (χ3v) is 3.81. The molecule has 0 bridgehead atoms. The molecule has 22 heavy (non-hydrogen) atoms. The van der Waals surface area contributed by atoms with Crippen LogP contribution in [-0.2, 0) is 9.53 Å². The average Bonchev–Trinajstić information content (AvgIpc) is 2.87. The highest BCUT2D eigenvalue weighted by Crippen LogP contribution is 2.32. The Labute approximate surface area is 145 Å². The second kappa shape index (κ2) is 7.62. The molecule has 116 valence electrons. The summed E-state index contributed by atoms with van der Waals surface area (Å²) in [4.78, 5) is 11.3. The van der Waals surface area contributed by atoms with Crippen molar-refractivity contribution in [2.24, 2.45) is 5.10 Å². The Morgan fingerprint density at radius 1 is 1.45 bits per heavy atom. The number of aromatic amines is 1. The van der Waals surface area contributed by atoms with E-state index in [1.54, 1.807) is 19.1 Å². The summed E-state index contributed by atoms with van der Waals surface area (Å²) in [6, 6.07) is 7.23. The highest BCUT2D eigenvalue weighted by atomic mass is 79.9. The molecule has 0 aliphatic carbocycles. The minimum atomic E-state index is -0.707. The summed E-state index contributed by atoms with van der Waals surface area (Å²) in [7, 11) is 0. The van der Waals surface area contributed by atoms with E-state index in [-0.39, 0.29) is 11.8 Å². The van der Waals surface area contributed by atoms with Crippen molar-refractivity contribution >= 4 is 56.1 Å². The number of benzene rings is 1. The molecule has 0 radical (unpaired) electrons. The number of esters is 1. The number of carbonyl (C=O) groups excluding carboxylic acids is 1. The molecule has 9 heteroatoms. The van der Waals surface area contributed by atoms with Gasteiger partial charge in [0.1, 0.15) is 0 Å². The zero-order valence-corrected chi connectivity index (χ0v) is 14.5. The van der Waals surface area contributed by atoms with Crippen LogP contribution in [0.5, 0.6) is 0 Å². The number of halogens is 3. The topological polar surface area (TPSA) is 79.4 Å². The first-order valence-electron chi connectivity index (χ1n) is 6.19. The summed E-state index contributed by atoms with van der Waals surface area (Å²) in [5, 5.41) is 11.0. The highest BCUT2D eigenvalue weighted by Gasteiger charge is 2.14. The van der Waals surface area contributed by atoms with Crippen molar-refractivity contribution in [1.29, 1.82) is 0 Å². The van der Waals surface area contributed by atoms with Crippen molar-refractivity contribution in [3.05, 3.63) is 33.8 Å². The lowest BCUT2D eigenvalue weighted by Gasteiger charge is -2.01. The zero-order valence-electron chi connectivity index (χ0n) is 11.4. The van der Waals surface area contributed by atoms with E-state index in [1.165, 1.54) is 0 Å². The van der Waals surface area contributed by atoms with Crippen molar-refractivity contribution in [3.63, 3.8) is 0 Å². The Kier molecular flexibility index (Phi) is 5.82. The molecule has 6 nitrogen and oxygen atoms in total. The molecule has 1 aromatic carbocycles. The highest BCUT2D eigenvalue weighted by molar-refractivity contribution is 9.10. The average molecular weight is 406 g/mol. The number of hydrogen-bond donors (Lipinski definition) is 2. The number of nitrogens with one attached hydrogen (secondary N) is 2. The monoisotopic (exact) mass is 404 g/mol. The number of carbonyl (C=O) groups is 1. The van der Waals surface area contributed by atoms with E-state index in [2.05, 4.69) is 36.7 Å². The van der Waals surface area contributed by atoms with Crippen LogP contribution >= 0.6 is 39.1 Å². The minimum Gasteiger partial charge on any atom is -0.461 e. The Morgan fingerprint density at radius 3 is 2.77 bits per heavy atom. The molecule has 0 spiro atoms. The summed E-state index contributed by atoms with van der Waals surface area (Å²) >= 11 is 15.0. The molecular formula is C13H11BrCl2N4O2. The molecule has 2 rings (SSSR count). The molecular weight excluding hydrogens is 395 g/mol. The SMILES string of the molecule is CCOC(=O)/C(Cl)=N/Nc1n[nH]c(-c2ccc(Cl)cc2)c1Br. The van der Waals surface area contributed by atoms with E-state index < -0.39 is 5.97 Å². The molecule has 0 amide bonds. The number of ether oxygens (including phenoxy) is 1. The lowest BCUT2D eigenvalue weighted by molar-refractivity contribution is -0.134. The Hall–Kier alpha value is -1.57. The van der Waals surface area contributed by atoms with Crippen LogP contribution in [0.15, 0.2) is 33.8 Å². The van der Waals surface area contributed by atoms with Gasteiger partial charge in [-0.05, 0) is 35.0 Å². The van der Waals surface area contributed by atoms with Gasteiger partial charge in [-0.1, -0.05) is 35.3 Å². The molecule has 0 atom stereocenters. The van der Waals surface area contributed by atoms with Gasteiger partial charge in [-0.3, -0.25) is 10.5 Å². The largest absolute Gasteiger partial charge is 0.461 e. The van der Waals surface area contributed by atoms with Crippen LogP contribution in [0.25, 0.3) is 11.3 Å². The van der Waals surface area contributed by atoms with Gasteiger partial charge in [0.2, 0.25) is 5.17 Å². The fourth-order valence-corrected chi connectivity index (χ4v) is 2.27. The lowest BCUT2D eigenvalue weighted by Crippen LogP contribution is -2.13. The van der Waals surface area contributed by atoms with Gasteiger partial charge in [-0.25, -0.2) is 4.79 Å². The van der Waals surface area contributed by atoms with Gasteiger partial charge in [0.05, 0.1) is 16.8 Å². The van der Waals surface area contributed by atoms with Crippen molar-refractivity contribution in [2.75, 3.05) is 12.0 Å². The second-order valence-corrected chi connectivity index (χ2v) is 5.59. The minimum absolute atomic E-state index is 0.220. The maximum absolute atomic E-state index is 11.3. The van der Waals surface area contributed by atoms with Gasteiger partial charge in [-0.15, -0.1) is 0 Å². The fraction of sp³-hybridized carbons (Fsp3) is 0.154. The van der Waals surface area contributed by atoms with Gasteiger partial charge in [0.15, 0.2) is 5.82 Å². The first-order valence-corrected chi connectivity index (χ1v) is 7.74. The molecule has 1 heterocycles. The first kappa shape index (κ1) is 16.8. The van der Waals surface area contributed by atoms with Crippen molar-refractivity contribution in [1.82, 2.24) is 10.2 Å². The van der Waals surface area contributed by atoms with Crippen molar-refractivity contribution in [3.8, 4) is 11.3 Å². The fourth-order valence-electron chi connectivity index (χ4n) is 1.55. The van der Waals surface area contributed by atoms with E-state index >= 15 is 0 Å². The number of nitrogens with zero attached hydrogens (tertiary/aromatic N) is 2. The Balaban J connectivity index is 2.16. The molecule has 0 aliphatic heterocycles. The van der Waals surface area contributed by atoms with E-state index in [9.17, 15) is 4.79 Å². The van der Waals surface area contributed by atoms with Gasteiger partial charge < -0.3 is 4.74 Å². The van der Waals surface area contributed by atoms with Gasteiger partial charge in [-0.2, -0.15) is 10.2 Å². The van der Waals surface area contributed by atoms with Crippen LogP contribution in [0.4, 0.5) is 5.82 Å². The lowest BCUT2D eigenvalue weighted by atomic mass is 10.1. The molecule has 0 fully saturated rings. The number of rotatable bonds is 5. The maximum atomic E-state index is 11.3. The van der Waals surface area contributed by atoms with Crippen LogP contribution in [0.2, 0.25) is 5.02 Å². The normalized spacial score (nSPS) is 11.4. The third kappa shape index (κ3) is 4.00. The number of anilines is 1. The number of H-pyrrole nitrogens is 1. The molecule has 2 N–H and O–H groups in total. The van der Waals surface area contributed by atoms with E-state index in [0.717, 1.165) is 11.3 Å². The van der Waals surface area contributed by atoms with Gasteiger partial charge >= 0.3 is 5.97 Å². The van der Waals surface area contributed by atoms with E-state index in [4.69, 9.17) is 27.9 Å².